The second-order valence-electron chi connectivity index (χ2n) is 6.48. The zero-order valence-corrected chi connectivity index (χ0v) is 10.2. The van der Waals surface area contributed by atoms with Gasteiger partial charge in [0.25, 0.3) is 0 Å². The van der Waals surface area contributed by atoms with Gasteiger partial charge < -0.3 is 10.2 Å². The second-order valence-corrected chi connectivity index (χ2v) is 6.48. The Labute approximate surface area is 98.1 Å². The Balaban J connectivity index is 1.69. The lowest BCUT2D eigenvalue weighted by molar-refractivity contribution is 0.0570. The van der Waals surface area contributed by atoms with Crippen molar-refractivity contribution < 1.29 is 10.2 Å². The van der Waals surface area contributed by atoms with Gasteiger partial charge in [0.05, 0.1) is 6.10 Å². The number of aliphatic hydroxyl groups is 2. The summed E-state index contributed by atoms with van der Waals surface area (Å²) in [5, 5.41) is 18.9. The van der Waals surface area contributed by atoms with Crippen molar-refractivity contribution in [1.29, 1.82) is 0 Å². The monoisotopic (exact) mass is 224 g/mol. The molecular weight excluding hydrogens is 200 g/mol. The molecule has 16 heavy (non-hydrogen) atoms. The average molecular weight is 224 g/mol. The van der Waals surface area contributed by atoms with Crippen molar-refractivity contribution in [2.45, 2.75) is 45.1 Å². The maximum atomic E-state index is 9.82. The summed E-state index contributed by atoms with van der Waals surface area (Å²) in [6, 6.07) is 0. The first kappa shape index (κ1) is 11.0. The average Bonchev–Trinajstić information content (AvgIpc) is 2.85. The van der Waals surface area contributed by atoms with Crippen molar-refractivity contribution in [1.82, 2.24) is 0 Å². The fourth-order valence-electron chi connectivity index (χ4n) is 5.21. The van der Waals surface area contributed by atoms with Crippen molar-refractivity contribution in [3.8, 4) is 0 Å². The van der Waals surface area contributed by atoms with E-state index in [1.165, 1.54) is 25.7 Å². The van der Waals surface area contributed by atoms with E-state index in [0.717, 1.165) is 36.0 Å². The lowest BCUT2D eigenvalue weighted by atomic mass is 9.74. The maximum absolute atomic E-state index is 9.82. The van der Waals surface area contributed by atoms with Crippen LogP contribution in [0.15, 0.2) is 0 Å². The summed E-state index contributed by atoms with van der Waals surface area (Å²) in [5.74, 6) is 4.89. The smallest absolute Gasteiger partial charge is 0.0543 e. The molecule has 0 aromatic rings. The Morgan fingerprint density at radius 3 is 2.50 bits per heavy atom. The number of rotatable bonds is 3. The zero-order valence-electron chi connectivity index (χ0n) is 10.2. The van der Waals surface area contributed by atoms with Crippen LogP contribution in [0.5, 0.6) is 0 Å². The van der Waals surface area contributed by atoms with Crippen LogP contribution in [0.25, 0.3) is 0 Å². The number of fused-ring (bicyclic) bond motifs is 5. The van der Waals surface area contributed by atoms with Crippen molar-refractivity contribution >= 4 is 0 Å². The van der Waals surface area contributed by atoms with E-state index in [-0.39, 0.29) is 6.10 Å². The molecule has 2 bridgehead atoms. The van der Waals surface area contributed by atoms with Gasteiger partial charge >= 0.3 is 0 Å². The molecule has 2 nitrogen and oxygen atoms in total. The summed E-state index contributed by atoms with van der Waals surface area (Å²) in [6.07, 6.45) is 6.25. The van der Waals surface area contributed by atoms with Gasteiger partial charge in [-0.1, -0.05) is 0 Å². The van der Waals surface area contributed by atoms with Crippen LogP contribution in [-0.4, -0.2) is 22.9 Å². The molecular formula is C14H24O2. The molecule has 3 fully saturated rings. The SMILES string of the molecule is CC(O)C1CC2CC1C1CC(CCO)CC21. The van der Waals surface area contributed by atoms with Crippen LogP contribution >= 0.6 is 0 Å². The normalized spacial score (nSPS) is 51.9. The third-order valence-corrected chi connectivity index (χ3v) is 5.77. The van der Waals surface area contributed by atoms with Crippen molar-refractivity contribution in [3.63, 3.8) is 0 Å². The van der Waals surface area contributed by atoms with E-state index >= 15 is 0 Å². The molecule has 0 radical (unpaired) electrons. The van der Waals surface area contributed by atoms with E-state index in [9.17, 15) is 5.11 Å². The minimum atomic E-state index is -0.104. The molecule has 7 unspecified atom stereocenters. The first-order valence-electron chi connectivity index (χ1n) is 6.99. The van der Waals surface area contributed by atoms with Crippen LogP contribution < -0.4 is 0 Å². The summed E-state index contributed by atoms with van der Waals surface area (Å²) in [5.41, 5.74) is 0. The molecule has 3 saturated carbocycles. The third-order valence-electron chi connectivity index (χ3n) is 5.77. The van der Waals surface area contributed by atoms with Gasteiger partial charge in [-0.05, 0) is 74.5 Å². The van der Waals surface area contributed by atoms with Gasteiger partial charge in [-0.15, -0.1) is 0 Å². The van der Waals surface area contributed by atoms with E-state index in [1.54, 1.807) is 0 Å². The summed E-state index contributed by atoms with van der Waals surface area (Å²) >= 11 is 0. The van der Waals surface area contributed by atoms with Crippen LogP contribution in [0, 0.1) is 35.5 Å². The highest BCUT2D eigenvalue weighted by Gasteiger charge is 2.56. The van der Waals surface area contributed by atoms with Gasteiger partial charge in [-0.25, -0.2) is 0 Å². The zero-order chi connectivity index (χ0) is 11.3. The van der Waals surface area contributed by atoms with Gasteiger partial charge in [-0.3, -0.25) is 0 Å². The Morgan fingerprint density at radius 1 is 1.06 bits per heavy atom. The van der Waals surface area contributed by atoms with Crippen molar-refractivity contribution in [3.05, 3.63) is 0 Å². The Morgan fingerprint density at radius 2 is 1.81 bits per heavy atom. The maximum Gasteiger partial charge on any atom is 0.0543 e. The van der Waals surface area contributed by atoms with Crippen LogP contribution in [0.2, 0.25) is 0 Å². The van der Waals surface area contributed by atoms with Gasteiger partial charge in [0, 0.05) is 6.61 Å². The topological polar surface area (TPSA) is 40.5 Å². The van der Waals surface area contributed by atoms with Crippen molar-refractivity contribution in [2.75, 3.05) is 6.61 Å². The minimum Gasteiger partial charge on any atom is -0.396 e. The van der Waals surface area contributed by atoms with Gasteiger partial charge in [0.1, 0.15) is 0 Å². The molecule has 3 rings (SSSR count). The highest BCUT2D eigenvalue weighted by molar-refractivity contribution is 5.05. The Hall–Kier alpha value is -0.0800. The standard InChI is InChI=1S/C14H24O2/c1-8(16)11-6-10-7-14(11)13-5-9(2-3-15)4-12(10)13/h8-16H,2-7H2,1H3. The Kier molecular flexibility index (Phi) is 2.75. The van der Waals surface area contributed by atoms with E-state index in [1.807, 2.05) is 6.92 Å². The molecule has 0 aliphatic heterocycles. The predicted molar refractivity (Wildman–Crippen MR) is 62.8 cm³/mol. The third kappa shape index (κ3) is 1.53. The molecule has 2 N–H and O–H groups in total. The summed E-state index contributed by atoms with van der Waals surface area (Å²) < 4.78 is 0. The molecule has 2 heteroatoms. The quantitative estimate of drug-likeness (QED) is 0.770. The van der Waals surface area contributed by atoms with E-state index in [0.29, 0.717) is 12.5 Å². The molecule has 0 aromatic carbocycles. The molecule has 3 aliphatic rings. The fourth-order valence-corrected chi connectivity index (χ4v) is 5.21. The first-order valence-corrected chi connectivity index (χ1v) is 6.99. The fraction of sp³-hybridized carbons (Fsp3) is 1.00. The van der Waals surface area contributed by atoms with Gasteiger partial charge in [0.2, 0.25) is 0 Å². The lowest BCUT2D eigenvalue weighted by Crippen LogP contribution is -2.30. The van der Waals surface area contributed by atoms with Gasteiger partial charge in [0.15, 0.2) is 0 Å². The highest BCUT2D eigenvalue weighted by atomic mass is 16.3. The van der Waals surface area contributed by atoms with Crippen LogP contribution in [-0.2, 0) is 0 Å². The molecule has 0 saturated heterocycles. The van der Waals surface area contributed by atoms with Crippen LogP contribution in [0.3, 0.4) is 0 Å². The molecule has 0 aromatic heterocycles. The van der Waals surface area contributed by atoms with E-state index < -0.39 is 0 Å². The highest BCUT2D eigenvalue weighted by Crippen LogP contribution is 2.63. The van der Waals surface area contributed by atoms with Crippen LogP contribution in [0.4, 0.5) is 0 Å². The lowest BCUT2D eigenvalue weighted by Gasteiger charge is -2.33. The number of hydrogen-bond donors (Lipinski definition) is 2. The molecule has 0 spiro atoms. The molecule has 92 valence electrons. The Bertz CT molecular complexity index is 263. The number of hydrogen-bond acceptors (Lipinski definition) is 2. The van der Waals surface area contributed by atoms with Crippen molar-refractivity contribution in [2.24, 2.45) is 35.5 Å². The van der Waals surface area contributed by atoms with E-state index in [2.05, 4.69) is 0 Å². The minimum absolute atomic E-state index is 0.104. The van der Waals surface area contributed by atoms with Crippen LogP contribution in [0.1, 0.15) is 39.0 Å². The molecule has 3 aliphatic carbocycles. The summed E-state index contributed by atoms with van der Waals surface area (Å²) in [7, 11) is 0. The molecule has 0 heterocycles. The van der Waals surface area contributed by atoms with Gasteiger partial charge in [-0.2, -0.15) is 0 Å². The van der Waals surface area contributed by atoms with E-state index in [4.69, 9.17) is 5.11 Å². The predicted octanol–water partition coefficient (Wildman–Crippen LogP) is 2.05. The first-order chi connectivity index (χ1) is 7.70. The largest absolute Gasteiger partial charge is 0.396 e. The second kappa shape index (κ2) is 3.99. The summed E-state index contributed by atoms with van der Waals surface area (Å²) in [4.78, 5) is 0. The molecule has 0 amide bonds. The summed E-state index contributed by atoms with van der Waals surface area (Å²) in [6.45, 7) is 2.33. The number of aliphatic hydroxyl groups excluding tert-OH is 2. The molecule has 7 atom stereocenters.